The summed E-state index contributed by atoms with van der Waals surface area (Å²) in [5, 5.41) is 2.60. The lowest BCUT2D eigenvalue weighted by Crippen LogP contribution is -2.18. The molecule has 2 aromatic rings. The van der Waals surface area contributed by atoms with E-state index >= 15 is 0 Å². The summed E-state index contributed by atoms with van der Waals surface area (Å²) in [5.74, 6) is -0.522. The Morgan fingerprint density at radius 1 is 1.00 bits per heavy atom. The highest BCUT2D eigenvalue weighted by molar-refractivity contribution is 5.87. The number of nitrogens with one attached hydrogen (secondary N) is 1. The lowest BCUT2D eigenvalue weighted by Gasteiger charge is -2.08. The third-order valence-corrected chi connectivity index (χ3v) is 3.62. The van der Waals surface area contributed by atoms with Crippen molar-refractivity contribution in [3.63, 3.8) is 0 Å². The zero-order valence-electron chi connectivity index (χ0n) is 15.4. The number of benzene rings is 2. The van der Waals surface area contributed by atoms with Crippen LogP contribution in [0.5, 0.6) is 0 Å². The van der Waals surface area contributed by atoms with Gasteiger partial charge in [0, 0.05) is 11.3 Å². The summed E-state index contributed by atoms with van der Waals surface area (Å²) in [5.41, 5.74) is 3.55. The van der Waals surface area contributed by atoms with Gasteiger partial charge in [-0.1, -0.05) is 30.8 Å². The Balaban J connectivity index is 1.78. The molecule has 2 rings (SSSR count). The van der Waals surface area contributed by atoms with Gasteiger partial charge >= 0.3 is 12.1 Å². The minimum atomic E-state index is -0.634. The molecule has 0 saturated carbocycles. The van der Waals surface area contributed by atoms with Gasteiger partial charge in [-0.3, -0.25) is 5.32 Å². The average Bonchev–Trinajstić information content (AvgIpc) is 2.68. The minimum Gasteiger partial charge on any atom is -0.459 e. The Morgan fingerprint density at radius 2 is 1.57 bits per heavy atom. The van der Waals surface area contributed by atoms with Crippen LogP contribution >= 0.6 is 0 Å². The molecule has 144 valence electrons. The van der Waals surface area contributed by atoms with Gasteiger partial charge in [0.05, 0.1) is 5.69 Å². The van der Waals surface area contributed by atoms with Crippen molar-refractivity contribution in [3.8, 4) is 0 Å². The molecule has 0 aliphatic rings. The number of amides is 1. The second-order valence-electron chi connectivity index (χ2n) is 5.92. The van der Waals surface area contributed by atoms with Gasteiger partial charge in [0.25, 0.3) is 0 Å². The fourth-order valence-electron chi connectivity index (χ4n) is 2.23. The molecule has 0 aliphatic carbocycles. The number of carbonyl (C=O) groups is 2. The third-order valence-electron chi connectivity index (χ3n) is 3.62. The van der Waals surface area contributed by atoms with Gasteiger partial charge in [-0.2, -0.15) is 4.99 Å². The molecule has 0 saturated heterocycles. The SMILES string of the molecule is C=C(C)C(=O)OCCOC(=O)Nc1ccc(Cc2ccc(N=C=O)cc2)cc1. The third kappa shape index (κ3) is 6.90. The van der Waals surface area contributed by atoms with E-state index in [-0.39, 0.29) is 18.8 Å². The van der Waals surface area contributed by atoms with Crippen LogP contribution in [0.3, 0.4) is 0 Å². The van der Waals surface area contributed by atoms with Crippen LogP contribution in [0.2, 0.25) is 0 Å². The summed E-state index contributed by atoms with van der Waals surface area (Å²) in [7, 11) is 0. The smallest absolute Gasteiger partial charge is 0.411 e. The lowest BCUT2D eigenvalue weighted by molar-refractivity contribution is -0.139. The van der Waals surface area contributed by atoms with E-state index in [4.69, 9.17) is 9.47 Å². The average molecular weight is 380 g/mol. The first-order valence-corrected chi connectivity index (χ1v) is 8.50. The largest absolute Gasteiger partial charge is 0.459 e. The monoisotopic (exact) mass is 380 g/mol. The van der Waals surface area contributed by atoms with Crippen molar-refractivity contribution < 1.29 is 23.9 Å². The van der Waals surface area contributed by atoms with Crippen LogP contribution in [0.1, 0.15) is 18.1 Å². The maximum Gasteiger partial charge on any atom is 0.411 e. The molecule has 0 atom stereocenters. The Labute approximate surface area is 162 Å². The van der Waals surface area contributed by atoms with Crippen molar-refractivity contribution in [3.05, 3.63) is 71.8 Å². The minimum absolute atomic E-state index is 0.0327. The molecular weight excluding hydrogens is 360 g/mol. The molecular formula is C21H20N2O5. The number of rotatable bonds is 8. The van der Waals surface area contributed by atoms with E-state index in [0.717, 1.165) is 11.1 Å². The van der Waals surface area contributed by atoms with E-state index in [1.165, 1.54) is 13.0 Å². The van der Waals surface area contributed by atoms with Crippen LogP contribution < -0.4 is 5.32 Å². The second kappa shape index (κ2) is 10.4. The maximum atomic E-state index is 11.7. The van der Waals surface area contributed by atoms with Crippen molar-refractivity contribution in [1.82, 2.24) is 0 Å². The fraction of sp³-hybridized carbons (Fsp3) is 0.190. The van der Waals surface area contributed by atoms with E-state index in [0.29, 0.717) is 17.8 Å². The molecule has 28 heavy (non-hydrogen) atoms. The number of nitrogens with zero attached hydrogens (tertiary/aromatic N) is 1. The summed E-state index contributed by atoms with van der Waals surface area (Å²) < 4.78 is 9.77. The van der Waals surface area contributed by atoms with Gasteiger partial charge in [0.2, 0.25) is 6.08 Å². The molecule has 0 radical (unpaired) electrons. The molecule has 0 heterocycles. The lowest BCUT2D eigenvalue weighted by atomic mass is 10.0. The Morgan fingerprint density at radius 3 is 2.14 bits per heavy atom. The number of ether oxygens (including phenoxy) is 2. The van der Waals surface area contributed by atoms with Crippen LogP contribution in [0, 0.1) is 0 Å². The summed E-state index contributed by atoms with van der Waals surface area (Å²) >= 11 is 0. The van der Waals surface area contributed by atoms with Crippen molar-refractivity contribution in [2.45, 2.75) is 13.3 Å². The Bertz CT molecular complexity index is 882. The first-order valence-electron chi connectivity index (χ1n) is 8.50. The molecule has 0 aromatic heterocycles. The number of esters is 1. The second-order valence-corrected chi connectivity index (χ2v) is 5.92. The number of hydrogen-bond donors (Lipinski definition) is 1. The molecule has 7 nitrogen and oxygen atoms in total. The highest BCUT2D eigenvalue weighted by atomic mass is 16.6. The van der Waals surface area contributed by atoms with Gasteiger partial charge < -0.3 is 9.47 Å². The quantitative estimate of drug-likeness (QED) is 0.246. The number of isocyanates is 1. The molecule has 0 aliphatic heterocycles. The normalized spacial score (nSPS) is 9.75. The van der Waals surface area contributed by atoms with Crippen LogP contribution in [0.4, 0.5) is 16.2 Å². The molecule has 0 spiro atoms. The van der Waals surface area contributed by atoms with Crippen molar-refractivity contribution in [1.29, 1.82) is 0 Å². The molecule has 0 unspecified atom stereocenters. The number of hydrogen-bond acceptors (Lipinski definition) is 6. The van der Waals surface area contributed by atoms with E-state index < -0.39 is 12.1 Å². The topological polar surface area (TPSA) is 94.1 Å². The number of carbonyl (C=O) groups excluding carboxylic acids is 3. The zero-order valence-corrected chi connectivity index (χ0v) is 15.4. The number of anilines is 1. The van der Waals surface area contributed by atoms with Gasteiger partial charge in [0.15, 0.2) is 0 Å². The predicted octanol–water partition coefficient (Wildman–Crippen LogP) is 3.91. The molecule has 2 aromatic carbocycles. The van der Waals surface area contributed by atoms with Crippen molar-refractivity contribution >= 4 is 29.5 Å². The highest BCUT2D eigenvalue weighted by Crippen LogP contribution is 2.17. The van der Waals surface area contributed by atoms with Crippen LogP contribution in [0.15, 0.2) is 65.7 Å². The Kier molecular flexibility index (Phi) is 7.69. The van der Waals surface area contributed by atoms with Crippen molar-refractivity contribution in [2.24, 2.45) is 4.99 Å². The van der Waals surface area contributed by atoms with Crippen LogP contribution in [-0.4, -0.2) is 31.4 Å². The summed E-state index contributed by atoms with van der Waals surface area (Å²) in [4.78, 5) is 36.7. The zero-order chi connectivity index (χ0) is 20.4. The van der Waals surface area contributed by atoms with Crippen molar-refractivity contribution in [2.75, 3.05) is 18.5 Å². The van der Waals surface area contributed by atoms with Crippen LogP contribution in [0.25, 0.3) is 0 Å². The van der Waals surface area contributed by atoms with Gasteiger partial charge in [-0.15, -0.1) is 0 Å². The first kappa shape index (κ1) is 20.6. The first-order chi connectivity index (χ1) is 13.5. The van der Waals surface area contributed by atoms with E-state index in [9.17, 15) is 14.4 Å². The summed E-state index contributed by atoms with van der Waals surface area (Å²) in [6.45, 7) is 4.91. The van der Waals surface area contributed by atoms with E-state index in [1.54, 1.807) is 24.3 Å². The molecule has 0 fully saturated rings. The molecule has 1 N–H and O–H groups in total. The van der Waals surface area contributed by atoms with Gasteiger partial charge in [-0.05, 0) is 48.7 Å². The Hall–Kier alpha value is -3.70. The maximum absolute atomic E-state index is 11.7. The van der Waals surface area contributed by atoms with E-state index in [2.05, 4.69) is 16.9 Å². The van der Waals surface area contributed by atoms with E-state index in [1.807, 2.05) is 24.3 Å². The summed E-state index contributed by atoms with van der Waals surface area (Å²) in [6.07, 6.45) is 1.57. The van der Waals surface area contributed by atoms with Gasteiger partial charge in [0.1, 0.15) is 13.2 Å². The highest BCUT2D eigenvalue weighted by Gasteiger charge is 2.06. The molecule has 0 bridgehead atoms. The predicted molar refractivity (Wildman–Crippen MR) is 104 cm³/mol. The fourth-order valence-corrected chi connectivity index (χ4v) is 2.23. The molecule has 7 heteroatoms. The van der Waals surface area contributed by atoms with Gasteiger partial charge in [-0.25, -0.2) is 14.4 Å². The number of aliphatic imine (C=N–C) groups is 1. The standard InChI is InChI=1S/C21H20N2O5/c1-15(2)20(25)27-11-12-28-21(26)23-19-9-5-17(6-10-19)13-16-3-7-18(8-4-16)22-14-24/h3-10H,1,11-13H2,2H3,(H,23,26). The molecule has 1 amide bonds. The van der Waals surface area contributed by atoms with Crippen LogP contribution in [-0.2, 0) is 25.5 Å². The summed E-state index contributed by atoms with van der Waals surface area (Å²) in [6, 6.07) is 14.6.